The number of aromatic amines is 1. The minimum Gasteiger partial charge on any atom is -0.478 e. The van der Waals surface area contributed by atoms with Gasteiger partial charge in [-0.2, -0.15) is 20.3 Å². The van der Waals surface area contributed by atoms with Gasteiger partial charge in [-0.25, -0.2) is 4.79 Å². The summed E-state index contributed by atoms with van der Waals surface area (Å²) < 4.78 is 0. The molecule has 10 nitrogen and oxygen atoms in total. The first-order chi connectivity index (χ1) is 12.9. The molecular formula is C16H18ClN7O3. The predicted octanol–water partition coefficient (Wildman–Crippen LogP) is 2.27. The molecule has 0 amide bonds. The molecule has 5 N–H and O–H groups in total. The van der Waals surface area contributed by atoms with Crippen LogP contribution in [0.4, 0.5) is 17.5 Å². The Morgan fingerprint density at radius 1 is 1.30 bits per heavy atom. The smallest absolute Gasteiger partial charge is 0.337 e. The van der Waals surface area contributed by atoms with E-state index in [0.717, 1.165) is 0 Å². The van der Waals surface area contributed by atoms with Gasteiger partial charge >= 0.3 is 5.97 Å². The van der Waals surface area contributed by atoms with Crippen LogP contribution in [0, 0.1) is 5.92 Å². The summed E-state index contributed by atoms with van der Waals surface area (Å²) in [6.07, 6.45) is 0. The van der Waals surface area contributed by atoms with Crippen molar-refractivity contribution in [2.45, 2.75) is 19.9 Å². The van der Waals surface area contributed by atoms with E-state index in [1.165, 1.54) is 12.1 Å². The maximum atomic E-state index is 11.1. The molecule has 3 aromatic rings. The van der Waals surface area contributed by atoms with E-state index in [9.17, 15) is 9.90 Å². The summed E-state index contributed by atoms with van der Waals surface area (Å²) in [6, 6.07) is 4.22. The first-order valence-electron chi connectivity index (χ1n) is 8.14. The Balaban J connectivity index is 1.95. The van der Waals surface area contributed by atoms with Crippen LogP contribution in [0.15, 0.2) is 18.2 Å². The number of anilines is 3. The van der Waals surface area contributed by atoms with Crippen molar-refractivity contribution in [3.63, 3.8) is 0 Å². The molecule has 2 aromatic heterocycles. The molecule has 0 saturated carbocycles. The van der Waals surface area contributed by atoms with Crippen molar-refractivity contribution in [3.8, 4) is 0 Å². The van der Waals surface area contributed by atoms with E-state index in [-0.39, 0.29) is 35.1 Å². The molecule has 11 heteroatoms. The van der Waals surface area contributed by atoms with Gasteiger partial charge in [-0.05, 0) is 24.1 Å². The van der Waals surface area contributed by atoms with E-state index >= 15 is 0 Å². The molecule has 0 fully saturated rings. The zero-order valence-electron chi connectivity index (χ0n) is 14.6. The first-order valence-corrected chi connectivity index (χ1v) is 8.52. The van der Waals surface area contributed by atoms with Crippen molar-refractivity contribution in [2.75, 3.05) is 17.2 Å². The Bertz CT molecular complexity index is 976. The number of hydrogen-bond donors (Lipinski definition) is 5. The standard InChI is InChI=1S/C16H18ClN7O3/c1-7(2)11(6-25)19-16-20-13(12-14(21-16)23-24-22-12)18-8-3-4-9(15(26)27)10(17)5-8/h3-5,7,11,25H,6H2,1-2H3,(H,26,27)(H3,18,19,20,21,22,23,24). The van der Waals surface area contributed by atoms with Gasteiger partial charge in [0.2, 0.25) is 11.6 Å². The summed E-state index contributed by atoms with van der Waals surface area (Å²) in [5.41, 5.74) is 1.27. The summed E-state index contributed by atoms with van der Waals surface area (Å²) in [6.45, 7) is 3.86. The second kappa shape index (κ2) is 7.72. The maximum absolute atomic E-state index is 11.1. The third-order valence-corrected chi connectivity index (χ3v) is 4.27. The van der Waals surface area contributed by atoms with Crippen LogP contribution >= 0.6 is 11.6 Å². The quantitative estimate of drug-likeness (QED) is 0.408. The zero-order chi connectivity index (χ0) is 19.6. The molecule has 2 heterocycles. The van der Waals surface area contributed by atoms with E-state index < -0.39 is 5.97 Å². The molecule has 142 valence electrons. The van der Waals surface area contributed by atoms with Gasteiger partial charge in [0, 0.05) is 5.69 Å². The number of rotatable bonds is 7. The number of aliphatic hydroxyl groups is 1. The van der Waals surface area contributed by atoms with Crippen LogP contribution in [0.25, 0.3) is 11.2 Å². The van der Waals surface area contributed by atoms with Gasteiger partial charge in [-0.3, -0.25) is 0 Å². The highest BCUT2D eigenvalue weighted by Crippen LogP contribution is 2.26. The number of nitrogens with one attached hydrogen (secondary N) is 3. The van der Waals surface area contributed by atoms with Gasteiger partial charge in [0.15, 0.2) is 11.3 Å². The number of aromatic carboxylic acids is 1. The van der Waals surface area contributed by atoms with Crippen molar-refractivity contribution in [3.05, 3.63) is 28.8 Å². The highest BCUT2D eigenvalue weighted by atomic mass is 35.5. The minimum atomic E-state index is -1.11. The Labute approximate surface area is 159 Å². The largest absolute Gasteiger partial charge is 0.478 e. The van der Waals surface area contributed by atoms with E-state index in [1.54, 1.807) is 6.07 Å². The number of aromatic nitrogens is 5. The summed E-state index contributed by atoms with van der Waals surface area (Å²) in [5.74, 6) is -0.316. The van der Waals surface area contributed by atoms with Crippen molar-refractivity contribution >= 4 is 46.2 Å². The average molecular weight is 392 g/mol. The topological polar surface area (TPSA) is 149 Å². The van der Waals surface area contributed by atoms with Gasteiger partial charge in [0.1, 0.15) is 0 Å². The highest BCUT2D eigenvalue weighted by Gasteiger charge is 2.17. The Kier molecular flexibility index (Phi) is 5.38. The molecule has 0 radical (unpaired) electrons. The lowest BCUT2D eigenvalue weighted by atomic mass is 10.1. The minimum absolute atomic E-state index is 0.00145. The summed E-state index contributed by atoms with van der Waals surface area (Å²) in [7, 11) is 0. The van der Waals surface area contributed by atoms with Crippen molar-refractivity contribution in [2.24, 2.45) is 5.92 Å². The predicted molar refractivity (Wildman–Crippen MR) is 101 cm³/mol. The molecule has 0 spiro atoms. The van der Waals surface area contributed by atoms with Crippen LogP contribution < -0.4 is 10.6 Å². The molecule has 27 heavy (non-hydrogen) atoms. The number of carboxylic acid groups (broad SMARTS) is 1. The highest BCUT2D eigenvalue weighted by molar-refractivity contribution is 6.33. The molecule has 1 aromatic carbocycles. The molecule has 0 aliphatic heterocycles. The number of nitrogens with zero attached hydrogens (tertiary/aromatic N) is 4. The number of benzene rings is 1. The summed E-state index contributed by atoms with van der Waals surface area (Å²) in [5, 5.41) is 35.3. The lowest BCUT2D eigenvalue weighted by Gasteiger charge is -2.20. The number of hydrogen-bond acceptors (Lipinski definition) is 8. The first kappa shape index (κ1) is 18.8. The van der Waals surface area contributed by atoms with Gasteiger partial charge in [-0.15, -0.1) is 5.10 Å². The number of H-pyrrole nitrogens is 1. The fourth-order valence-electron chi connectivity index (χ4n) is 2.39. The van der Waals surface area contributed by atoms with Crippen molar-refractivity contribution in [1.82, 2.24) is 25.4 Å². The SMILES string of the molecule is CC(C)C(CO)Nc1nc(Nc2ccc(C(=O)O)c(Cl)c2)c2n[nH]nc2n1. The van der Waals surface area contributed by atoms with Crippen molar-refractivity contribution in [1.29, 1.82) is 0 Å². The fourth-order valence-corrected chi connectivity index (χ4v) is 2.65. The second-order valence-electron chi connectivity index (χ2n) is 6.19. The molecule has 1 unspecified atom stereocenters. The van der Waals surface area contributed by atoms with Crippen LogP contribution in [0.3, 0.4) is 0 Å². The van der Waals surface area contributed by atoms with Gasteiger partial charge in [-0.1, -0.05) is 25.4 Å². The van der Waals surface area contributed by atoms with E-state index in [1.807, 2.05) is 13.8 Å². The lowest BCUT2D eigenvalue weighted by molar-refractivity contribution is 0.0697. The van der Waals surface area contributed by atoms with Crippen LogP contribution in [-0.4, -0.2) is 54.2 Å². The Morgan fingerprint density at radius 2 is 2.07 bits per heavy atom. The Morgan fingerprint density at radius 3 is 2.70 bits per heavy atom. The number of aliphatic hydroxyl groups excluding tert-OH is 1. The number of fused-ring (bicyclic) bond motifs is 1. The lowest BCUT2D eigenvalue weighted by Crippen LogP contribution is -2.30. The van der Waals surface area contributed by atoms with E-state index in [2.05, 4.69) is 36.0 Å². The fraction of sp³-hybridized carbons (Fsp3) is 0.312. The molecular weight excluding hydrogens is 374 g/mol. The average Bonchev–Trinajstić information content (AvgIpc) is 3.08. The molecule has 0 aliphatic carbocycles. The van der Waals surface area contributed by atoms with Crippen LogP contribution in [0.5, 0.6) is 0 Å². The zero-order valence-corrected chi connectivity index (χ0v) is 15.3. The number of carboxylic acids is 1. The molecule has 0 aliphatic rings. The molecule has 0 bridgehead atoms. The van der Waals surface area contributed by atoms with E-state index in [4.69, 9.17) is 16.7 Å². The normalized spacial score (nSPS) is 12.3. The van der Waals surface area contributed by atoms with Gasteiger partial charge < -0.3 is 20.8 Å². The molecule has 1 atom stereocenters. The second-order valence-corrected chi connectivity index (χ2v) is 6.60. The van der Waals surface area contributed by atoms with Crippen LogP contribution in [-0.2, 0) is 0 Å². The number of halogens is 1. The van der Waals surface area contributed by atoms with Gasteiger partial charge in [0.05, 0.1) is 23.2 Å². The number of carbonyl (C=O) groups is 1. The van der Waals surface area contributed by atoms with Gasteiger partial charge in [0.25, 0.3) is 0 Å². The third kappa shape index (κ3) is 4.07. The summed E-state index contributed by atoms with van der Waals surface area (Å²) in [4.78, 5) is 19.8. The Hall–Kier alpha value is -2.98. The van der Waals surface area contributed by atoms with Crippen molar-refractivity contribution < 1.29 is 15.0 Å². The molecule has 3 rings (SSSR count). The van der Waals surface area contributed by atoms with Crippen LogP contribution in [0.1, 0.15) is 24.2 Å². The third-order valence-electron chi connectivity index (χ3n) is 3.96. The summed E-state index contributed by atoms with van der Waals surface area (Å²) >= 11 is 6.01. The van der Waals surface area contributed by atoms with E-state index in [0.29, 0.717) is 22.7 Å². The van der Waals surface area contributed by atoms with Crippen LogP contribution in [0.2, 0.25) is 5.02 Å². The maximum Gasteiger partial charge on any atom is 0.337 e. The monoisotopic (exact) mass is 391 g/mol. The molecule has 0 saturated heterocycles.